The van der Waals surface area contributed by atoms with Crippen molar-refractivity contribution in [2.75, 3.05) is 12.8 Å². The van der Waals surface area contributed by atoms with Crippen molar-refractivity contribution in [3.05, 3.63) is 71.3 Å². The van der Waals surface area contributed by atoms with Crippen LogP contribution in [0.25, 0.3) is 0 Å². The Morgan fingerprint density at radius 3 is 2.39 bits per heavy atom. The smallest absolute Gasteiger partial charge is 0.251 e. The fraction of sp³-hybridized carbons (Fsp3) is 0.278. The first-order chi connectivity index (χ1) is 10.9. The molecule has 0 unspecified atom stereocenters. The van der Waals surface area contributed by atoms with Crippen LogP contribution >= 0.6 is 0 Å². The lowest BCUT2D eigenvalue weighted by atomic mass is 10.1. The summed E-state index contributed by atoms with van der Waals surface area (Å²) in [5, 5.41) is 2.87. The highest BCUT2D eigenvalue weighted by molar-refractivity contribution is 7.89. The number of carbonyl (C=O) groups excluding carboxylic acids is 1. The maximum Gasteiger partial charge on any atom is 0.251 e. The summed E-state index contributed by atoms with van der Waals surface area (Å²) in [5.41, 5.74) is 2.37. The van der Waals surface area contributed by atoms with Gasteiger partial charge in [-0.1, -0.05) is 42.5 Å². The molecular formula is C18H21NO3S. The predicted molar refractivity (Wildman–Crippen MR) is 92.1 cm³/mol. The number of sulfone groups is 1. The Bertz CT molecular complexity index is 755. The largest absolute Gasteiger partial charge is 0.352 e. The summed E-state index contributed by atoms with van der Waals surface area (Å²) in [7, 11) is -3.10. The zero-order valence-electron chi connectivity index (χ0n) is 13.2. The van der Waals surface area contributed by atoms with Crippen LogP contribution < -0.4 is 5.32 Å². The summed E-state index contributed by atoms with van der Waals surface area (Å²) in [5.74, 6) is -0.226. The van der Waals surface area contributed by atoms with Gasteiger partial charge in [0.15, 0.2) is 9.84 Å². The molecule has 4 nitrogen and oxygen atoms in total. The summed E-state index contributed by atoms with van der Waals surface area (Å²) >= 11 is 0. The molecule has 0 fully saturated rings. The van der Waals surface area contributed by atoms with Crippen molar-refractivity contribution in [1.82, 2.24) is 5.32 Å². The summed E-state index contributed by atoms with van der Waals surface area (Å²) in [4.78, 5) is 12.1. The first-order valence-corrected chi connectivity index (χ1v) is 9.59. The second-order valence-corrected chi connectivity index (χ2v) is 7.76. The van der Waals surface area contributed by atoms with Gasteiger partial charge in [0.05, 0.1) is 5.75 Å². The van der Waals surface area contributed by atoms with Crippen LogP contribution in [0.1, 0.15) is 27.9 Å². The molecule has 0 spiro atoms. The summed E-state index contributed by atoms with van der Waals surface area (Å²) in [6, 6.07) is 16.9. The molecule has 5 heteroatoms. The quantitative estimate of drug-likeness (QED) is 0.793. The van der Waals surface area contributed by atoms with Crippen molar-refractivity contribution < 1.29 is 13.2 Å². The maximum absolute atomic E-state index is 12.1. The number of carbonyl (C=O) groups is 1. The third-order valence-electron chi connectivity index (χ3n) is 3.39. The molecule has 0 bridgehead atoms. The Hall–Kier alpha value is -2.14. The Morgan fingerprint density at radius 1 is 1.00 bits per heavy atom. The molecular weight excluding hydrogens is 310 g/mol. The van der Waals surface area contributed by atoms with E-state index in [-0.39, 0.29) is 11.7 Å². The maximum atomic E-state index is 12.1. The molecule has 0 saturated heterocycles. The number of hydrogen-bond acceptors (Lipinski definition) is 3. The second-order valence-electron chi connectivity index (χ2n) is 5.62. The first kappa shape index (κ1) is 17.2. The Balaban J connectivity index is 1.85. The van der Waals surface area contributed by atoms with E-state index < -0.39 is 9.84 Å². The van der Waals surface area contributed by atoms with Gasteiger partial charge in [0, 0.05) is 18.4 Å². The highest BCUT2D eigenvalue weighted by Gasteiger charge is 2.09. The van der Waals surface area contributed by atoms with Gasteiger partial charge < -0.3 is 5.32 Å². The minimum absolute atomic E-state index is 0.0534. The minimum atomic E-state index is -3.10. The first-order valence-electron chi connectivity index (χ1n) is 7.53. The summed E-state index contributed by atoms with van der Waals surface area (Å²) in [6.07, 6.45) is 2.96. The topological polar surface area (TPSA) is 63.2 Å². The molecule has 0 saturated carbocycles. The average molecular weight is 331 g/mol. The van der Waals surface area contributed by atoms with Crippen LogP contribution in [0, 0.1) is 0 Å². The van der Waals surface area contributed by atoms with E-state index in [0.29, 0.717) is 17.7 Å². The van der Waals surface area contributed by atoms with Crippen molar-refractivity contribution in [3.63, 3.8) is 0 Å². The summed E-state index contributed by atoms with van der Waals surface area (Å²) < 4.78 is 22.7. The number of benzene rings is 2. The van der Waals surface area contributed by atoms with Crippen LogP contribution in [0.5, 0.6) is 0 Å². The van der Waals surface area contributed by atoms with Gasteiger partial charge in [0.1, 0.15) is 0 Å². The standard InChI is InChI=1S/C18H21NO3S/c1-23(21,22)14-16-9-5-11-17(13-16)18(20)19-12-6-10-15-7-3-2-4-8-15/h2-5,7-9,11,13H,6,10,12,14H2,1H3,(H,19,20). The van der Waals surface area contributed by atoms with E-state index in [9.17, 15) is 13.2 Å². The molecule has 1 amide bonds. The van der Waals surface area contributed by atoms with E-state index in [0.717, 1.165) is 12.8 Å². The SMILES string of the molecule is CS(=O)(=O)Cc1cccc(C(=O)NCCCc2ccccc2)c1. The zero-order chi connectivity index (χ0) is 16.7. The van der Waals surface area contributed by atoms with Crippen molar-refractivity contribution >= 4 is 15.7 Å². The van der Waals surface area contributed by atoms with Gasteiger partial charge in [0.2, 0.25) is 0 Å². The molecule has 0 heterocycles. The van der Waals surface area contributed by atoms with Crippen LogP contribution in [0.15, 0.2) is 54.6 Å². The Morgan fingerprint density at radius 2 is 1.70 bits per heavy atom. The lowest BCUT2D eigenvalue weighted by Crippen LogP contribution is -2.24. The van der Waals surface area contributed by atoms with E-state index in [2.05, 4.69) is 17.4 Å². The molecule has 0 atom stereocenters. The van der Waals surface area contributed by atoms with Crippen LogP contribution in [0.4, 0.5) is 0 Å². The van der Waals surface area contributed by atoms with Crippen molar-refractivity contribution in [3.8, 4) is 0 Å². The van der Waals surface area contributed by atoms with Gasteiger partial charge in [0.25, 0.3) is 5.91 Å². The van der Waals surface area contributed by atoms with Crippen LogP contribution in [-0.4, -0.2) is 27.1 Å². The molecule has 2 aromatic carbocycles. The normalized spacial score (nSPS) is 11.2. The number of nitrogens with one attached hydrogen (secondary N) is 1. The van der Waals surface area contributed by atoms with Crippen LogP contribution in [0.2, 0.25) is 0 Å². The van der Waals surface area contributed by atoms with E-state index in [1.165, 1.54) is 11.8 Å². The fourth-order valence-corrected chi connectivity index (χ4v) is 3.13. The zero-order valence-corrected chi connectivity index (χ0v) is 14.0. The van der Waals surface area contributed by atoms with Gasteiger partial charge in [-0.2, -0.15) is 0 Å². The fourth-order valence-electron chi connectivity index (χ4n) is 2.35. The highest BCUT2D eigenvalue weighted by atomic mass is 32.2. The van der Waals surface area contributed by atoms with E-state index in [1.807, 2.05) is 18.2 Å². The van der Waals surface area contributed by atoms with Crippen molar-refractivity contribution in [1.29, 1.82) is 0 Å². The monoisotopic (exact) mass is 331 g/mol. The molecule has 0 aliphatic rings. The lowest BCUT2D eigenvalue weighted by molar-refractivity contribution is 0.0953. The number of amides is 1. The molecule has 2 rings (SSSR count). The number of hydrogen-bond donors (Lipinski definition) is 1. The minimum Gasteiger partial charge on any atom is -0.352 e. The highest BCUT2D eigenvalue weighted by Crippen LogP contribution is 2.09. The number of aryl methyl sites for hydroxylation is 1. The van der Waals surface area contributed by atoms with E-state index in [4.69, 9.17) is 0 Å². The van der Waals surface area contributed by atoms with Gasteiger partial charge >= 0.3 is 0 Å². The molecule has 0 aliphatic heterocycles. The molecule has 0 radical (unpaired) electrons. The third-order valence-corrected chi connectivity index (χ3v) is 4.25. The predicted octanol–water partition coefficient (Wildman–Crippen LogP) is 2.59. The molecule has 0 aromatic heterocycles. The Kier molecular flexibility index (Phi) is 5.93. The van der Waals surface area contributed by atoms with Gasteiger partial charge in [-0.3, -0.25) is 4.79 Å². The Labute approximate surface area is 137 Å². The molecule has 2 aromatic rings. The van der Waals surface area contributed by atoms with Gasteiger partial charge in [-0.15, -0.1) is 0 Å². The second kappa shape index (κ2) is 7.92. The van der Waals surface area contributed by atoms with Gasteiger partial charge in [-0.25, -0.2) is 8.42 Å². The lowest BCUT2D eigenvalue weighted by Gasteiger charge is -2.07. The van der Waals surface area contributed by atoms with Crippen molar-refractivity contribution in [2.24, 2.45) is 0 Å². The van der Waals surface area contributed by atoms with E-state index in [1.54, 1.807) is 24.3 Å². The van der Waals surface area contributed by atoms with Gasteiger partial charge in [-0.05, 0) is 36.1 Å². The van der Waals surface area contributed by atoms with Crippen LogP contribution in [0.3, 0.4) is 0 Å². The van der Waals surface area contributed by atoms with E-state index >= 15 is 0 Å². The summed E-state index contributed by atoms with van der Waals surface area (Å²) in [6.45, 7) is 0.587. The van der Waals surface area contributed by atoms with Crippen molar-refractivity contribution in [2.45, 2.75) is 18.6 Å². The molecule has 23 heavy (non-hydrogen) atoms. The van der Waals surface area contributed by atoms with Crippen LogP contribution in [-0.2, 0) is 22.0 Å². The average Bonchev–Trinajstić information content (AvgIpc) is 2.51. The molecule has 1 N–H and O–H groups in total. The molecule has 0 aliphatic carbocycles. The number of rotatable bonds is 7. The molecule has 122 valence electrons. The third kappa shape index (κ3) is 6.24.